The molecule has 0 aliphatic carbocycles. The van der Waals surface area contributed by atoms with Crippen molar-refractivity contribution in [1.29, 1.82) is 0 Å². The Kier molecular flexibility index (Phi) is 7.64. The van der Waals surface area contributed by atoms with Gasteiger partial charge < -0.3 is 19.3 Å². The van der Waals surface area contributed by atoms with Gasteiger partial charge in [0.05, 0.1) is 18.9 Å². The van der Waals surface area contributed by atoms with Gasteiger partial charge in [-0.05, 0) is 6.42 Å². The fourth-order valence-electron chi connectivity index (χ4n) is 1.35. The molecule has 0 bridgehead atoms. The molecule has 5 nitrogen and oxygen atoms in total. The zero-order valence-electron chi connectivity index (χ0n) is 11.6. The molecule has 1 aromatic heterocycles. The molecule has 0 atom stereocenters. The Morgan fingerprint density at radius 3 is 2.78 bits per heavy atom. The zero-order valence-corrected chi connectivity index (χ0v) is 11.6. The molecule has 104 valence electrons. The summed E-state index contributed by atoms with van der Waals surface area (Å²) in [6.07, 6.45) is 1.04. The average Bonchev–Trinajstić information content (AvgIpc) is 2.79. The van der Waals surface area contributed by atoms with Crippen LogP contribution in [0.3, 0.4) is 0 Å². The fraction of sp³-hybridized carbons (Fsp3) is 0.769. The molecule has 0 aliphatic rings. The molecule has 0 aromatic carbocycles. The maximum atomic E-state index is 5.43. The van der Waals surface area contributed by atoms with Crippen molar-refractivity contribution < 1.29 is 14.0 Å². The summed E-state index contributed by atoms with van der Waals surface area (Å²) in [7, 11) is 0. The summed E-state index contributed by atoms with van der Waals surface area (Å²) in [5.41, 5.74) is 0.907. The quantitative estimate of drug-likeness (QED) is 0.650. The van der Waals surface area contributed by atoms with Crippen molar-refractivity contribution >= 4 is 0 Å². The van der Waals surface area contributed by atoms with Crippen LogP contribution >= 0.6 is 0 Å². The van der Waals surface area contributed by atoms with Crippen LogP contribution in [-0.4, -0.2) is 31.0 Å². The number of nitrogens with zero attached hydrogens (tertiary/aromatic N) is 1. The summed E-state index contributed by atoms with van der Waals surface area (Å²) in [6.45, 7) is 9.45. The molecule has 0 aliphatic heterocycles. The molecule has 5 heteroatoms. The smallest absolute Gasteiger partial charge is 0.162 e. The fourth-order valence-corrected chi connectivity index (χ4v) is 1.35. The lowest BCUT2D eigenvalue weighted by Gasteiger charge is -2.03. The number of ether oxygens (including phenoxy) is 2. The second-order valence-electron chi connectivity index (χ2n) is 4.49. The van der Waals surface area contributed by atoms with E-state index in [1.165, 1.54) is 0 Å². The lowest BCUT2D eigenvalue weighted by molar-refractivity contribution is 0.0333. The second-order valence-corrected chi connectivity index (χ2v) is 4.49. The predicted molar refractivity (Wildman–Crippen MR) is 69.2 cm³/mol. The standard InChI is InChI=1S/C13H24N2O3/c1-4-5-16-6-7-17-10-13-8-12(15-18-13)9-14-11(2)3/h8,11,14H,4-7,9-10H2,1-3H3. The predicted octanol–water partition coefficient (Wildman–Crippen LogP) is 2.12. The van der Waals surface area contributed by atoms with Crippen LogP contribution in [0, 0.1) is 0 Å². The molecule has 0 saturated heterocycles. The molecule has 1 aromatic rings. The molecule has 0 unspecified atom stereocenters. The molecule has 18 heavy (non-hydrogen) atoms. The maximum absolute atomic E-state index is 5.43. The Labute approximate surface area is 109 Å². The van der Waals surface area contributed by atoms with Crippen LogP contribution in [0.4, 0.5) is 0 Å². The number of aromatic nitrogens is 1. The first kappa shape index (κ1) is 15.1. The normalized spacial score (nSPS) is 11.3. The van der Waals surface area contributed by atoms with Crippen LogP contribution in [0.1, 0.15) is 38.6 Å². The molecule has 0 radical (unpaired) electrons. The Bertz CT molecular complexity index is 313. The molecule has 1 N–H and O–H groups in total. The Morgan fingerprint density at radius 2 is 2.06 bits per heavy atom. The molecule has 1 heterocycles. The monoisotopic (exact) mass is 256 g/mol. The highest BCUT2D eigenvalue weighted by molar-refractivity contribution is 5.04. The molecular weight excluding hydrogens is 232 g/mol. The van der Waals surface area contributed by atoms with E-state index in [2.05, 4.69) is 31.2 Å². The van der Waals surface area contributed by atoms with Crippen molar-refractivity contribution in [2.75, 3.05) is 19.8 Å². The summed E-state index contributed by atoms with van der Waals surface area (Å²) in [6, 6.07) is 2.36. The third-order valence-electron chi connectivity index (χ3n) is 2.26. The van der Waals surface area contributed by atoms with Crippen molar-refractivity contribution in [2.45, 2.75) is 46.4 Å². The van der Waals surface area contributed by atoms with Gasteiger partial charge in [0, 0.05) is 25.3 Å². The maximum Gasteiger partial charge on any atom is 0.162 e. The molecule has 0 spiro atoms. The molecular formula is C13H24N2O3. The highest BCUT2D eigenvalue weighted by Crippen LogP contribution is 2.05. The Balaban J connectivity index is 2.11. The number of hydrogen-bond acceptors (Lipinski definition) is 5. The highest BCUT2D eigenvalue weighted by Gasteiger charge is 2.04. The molecule has 0 fully saturated rings. The number of hydrogen-bond donors (Lipinski definition) is 1. The average molecular weight is 256 g/mol. The third kappa shape index (κ3) is 6.74. The summed E-state index contributed by atoms with van der Waals surface area (Å²) in [5, 5.41) is 7.25. The molecule has 0 saturated carbocycles. The minimum absolute atomic E-state index is 0.442. The largest absolute Gasteiger partial charge is 0.379 e. The van der Waals surface area contributed by atoms with E-state index in [9.17, 15) is 0 Å². The first-order valence-electron chi connectivity index (χ1n) is 6.55. The minimum Gasteiger partial charge on any atom is -0.379 e. The lowest BCUT2D eigenvalue weighted by Crippen LogP contribution is -2.21. The van der Waals surface area contributed by atoms with E-state index in [-0.39, 0.29) is 0 Å². The van der Waals surface area contributed by atoms with E-state index in [4.69, 9.17) is 14.0 Å². The zero-order chi connectivity index (χ0) is 13.2. The first-order chi connectivity index (χ1) is 8.72. The van der Waals surface area contributed by atoms with E-state index in [0.29, 0.717) is 25.9 Å². The van der Waals surface area contributed by atoms with Crippen LogP contribution in [0.5, 0.6) is 0 Å². The number of rotatable bonds is 10. The summed E-state index contributed by atoms with van der Waals surface area (Å²) in [4.78, 5) is 0. The van der Waals surface area contributed by atoms with Crippen molar-refractivity contribution in [3.05, 3.63) is 17.5 Å². The van der Waals surface area contributed by atoms with Gasteiger partial charge in [-0.25, -0.2) is 0 Å². The van der Waals surface area contributed by atoms with Gasteiger partial charge >= 0.3 is 0 Å². The van der Waals surface area contributed by atoms with Gasteiger partial charge in [0.1, 0.15) is 6.61 Å². The highest BCUT2D eigenvalue weighted by atomic mass is 16.5. The first-order valence-corrected chi connectivity index (χ1v) is 6.55. The summed E-state index contributed by atoms with van der Waals surface area (Å²) >= 11 is 0. The van der Waals surface area contributed by atoms with E-state index >= 15 is 0 Å². The number of nitrogens with one attached hydrogen (secondary N) is 1. The molecule has 0 amide bonds. The lowest BCUT2D eigenvalue weighted by atomic mass is 10.3. The topological polar surface area (TPSA) is 56.5 Å². The third-order valence-corrected chi connectivity index (χ3v) is 2.26. The van der Waals surface area contributed by atoms with Gasteiger partial charge in [-0.3, -0.25) is 0 Å². The van der Waals surface area contributed by atoms with Gasteiger partial charge in [0.15, 0.2) is 5.76 Å². The second kappa shape index (κ2) is 9.08. The van der Waals surface area contributed by atoms with E-state index < -0.39 is 0 Å². The van der Waals surface area contributed by atoms with Gasteiger partial charge in [0.25, 0.3) is 0 Å². The van der Waals surface area contributed by atoms with Gasteiger partial charge in [-0.1, -0.05) is 25.9 Å². The minimum atomic E-state index is 0.442. The van der Waals surface area contributed by atoms with Crippen LogP contribution in [0.15, 0.2) is 10.6 Å². The molecule has 1 rings (SSSR count). The summed E-state index contributed by atoms with van der Waals surface area (Å²) in [5.74, 6) is 0.756. The van der Waals surface area contributed by atoms with E-state index in [1.807, 2.05) is 6.07 Å². The van der Waals surface area contributed by atoms with E-state index in [0.717, 1.165) is 31.0 Å². The van der Waals surface area contributed by atoms with E-state index in [1.54, 1.807) is 0 Å². The van der Waals surface area contributed by atoms with Crippen molar-refractivity contribution in [3.8, 4) is 0 Å². The van der Waals surface area contributed by atoms with Gasteiger partial charge in [-0.2, -0.15) is 0 Å². The van der Waals surface area contributed by atoms with Gasteiger partial charge in [0.2, 0.25) is 0 Å². The Hall–Kier alpha value is -0.910. The van der Waals surface area contributed by atoms with Gasteiger partial charge in [-0.15, -0.1) is 0 Å². The SMILES string of the molecule is CCCOCCOCc1cc(CNC(C)C)no1. The van der Waals surface area contributed by atoms with Crippen molar-refractivity contribution in [2.24, 2.45) is 0 Å². The van der Waals surface area contributed by atoms with Crippen molar-refractivity contribution in [3.63, 3.8) is 0 Å². The van der Waals surface area contributed by atoms with Crippen LogP contribution in [0.2, 0.25) is 0 Å². The Morgan fingerprint density at radius 1 is 1.28 bits per heavy atom. The van der Waals surface area contributed by atoms with Crippen LogP contribution in [0.25, 0.3) is 0 Å². The summed E-state index contributed by atoms with van der Waals surface area (Å²) < 4.78 is 15.9. The van der Waals surface area contributed by atoms with Crippen LogP contribution < -0.4 is 5.32 Å². The van der Waals surface area contributed by atoms with Crippen molar-refractivity contribution in [1.82, 2.24) is 10.5 Å². The van der Waals surface area contributed by atoms with Crippen LogP contribution in [-0.2, 0) is 22.6 Å².